The maximum absolute atomic E-state index is 12.8. The van der Waals surface area contributed by atoms with Gasteiger partial charge in [0.2, 0.25) is 5.91 Å². The minimum atomic E-state index is -0.0428. The van der Waals surface area contributed by atoms with Crippen LogP contribution in [0.25, 0.3) is 0 Å². The fourth-order valence-electron chi connectivity index (χ4n) is 4.13. The van der Waals surface area contributed by atoms with Crippen molar-refractivity contribution in [2.45, 2.75) is 44.7 Å². The minimum Gasteiger partial charge on any atom is -0.334 e. The van der Waals surface area contributed by atoms with E-state index in [0.717, 1.165) is 55.6 Å². The molecule has 2 aliphatic rings. The molecular formula is C22H26N4O2. The van der Waals surface area contributed by atoms with Crippen molar-refractivity contribution in [3.63, 3.8) is 0 Å². The molecule has 4 rings (SSSR count). The Bertz CT molecular complexity index is 839. The van der Waals surface area contributed by atoms with Crippen molar-refractivity contribution < 1.29 is 9.59 Å². The van der Waals surface area contributed by atoms with Crippen molar-refractivity contribution in [3.8, 4) is 0 Å². The molecule has 1 aromatic carbocycles. The van der Waals surface area contributed by atoms with Gasteiger partial charge in [0.05, 0.1) is 6.04 Å². The first-order chi connectivity index (χ1) is 13.7. The van der Waals surface area contributed by atoms with Gasteiger partial charge in [0.1, 0.15) is 0 Å². The second-order valence-electron chi connectivity index (χ2n) is 7.46. The van der Waals surface area contributed by atoms with Crippen LogP contribution in [-0.4, -0.2) is 34.9 Å². The minimum absolute atomic E-state index is 0.0428. The maximum Gasteiger partial charge on any atom is 0.318 e. The quantitative estimate of drug-likeness (QED) is 0.883. The summed E-state index contributed by atoms with van der Waals surface area (Å²) >= 11 is 0. The number of piperidine rings is 1. The number of aromatic nitrogens is 1. The molecule has 28 heavy (non-hydrogen) atoms. The molecule has 3 heterocycles. The van der Waals surface area contributed by atoms with Crippen LogP contribution in [0.3, 0.4) is 0 Å². The van der Waals surface area contributed by atoms with Gasteiger partial charge in [-0.1, -0.05) is 12.1 Å². The van der Waals surface area contributed by atoms with E-state index >= 15 is 0 Å². The Labute approximate surface area is 165 Å². The molecule has 6 heteroatoms. The smallest absolute Gasteiger partial charge is 0.318 e. The van der Waals surface area contributed by atoms with E-state index in [1.54, 1.807) is 12.4 Å². The third-order valence-electron chi connectivity index (χ3n) is 5.59. The van der Waals surface area contributed by atoms with Crippen LogP contribution in [0, 0.1) is 0 Å². The number of rotatable bonds is 4. The lowest BCUT2D eigenvalue weighted by Crippen LogP contribution is -2.39. The lowest BCUT2D eigenvalue weighted by molar-refractivity contribution is -0.119. The summed E-state index contributed by atoms with van der Waals surface area (Å²) in [7, 11) is 0. The lowest BCUT2D eigenvalue weighted by atomic mass is 10.1. The molecule has 0 unspecified atom stereocenters. The summed E-state index contributed by atoms with van der Waals surface area (Å²) in [6.45, 7) is 1.99. The summed E-state index contributed by atoms with van der Waals surface area (Å²) in [5, 5.41) is 3.05. The molecule has 2 saturated heterocycles. The van der Waals surface area contributed by atoms with Gasteiger partial charge in [-0.2, -0.15) is 0 Å². The molecule has 146 valence electrons. The average molecular weight is 378 g/mol. The highest BCUT2D eigenvalue weighted by atomic mass is 16.2. The van der Waals surface area contributed by atoms with E-state index in [1.807, 2.05) is 46.2 Å². The van der Waals surface area contributed by atoms with E-state index in [9.17, 15) is 9.59 Å². The Kier molecular flexibility index (Phi) is 5.55. The van der Waals surface area contributed by atoms with Crippen LogP contribution in [-0.2, 0) is 11.3 Å². The number of pyridine rings is 1. The Balaban J connectivity index is 1.39. The molecule has 1 N–H and O–H groups in total. The summed E-state index contributed by atoms with van der Waals surface area (Å²) in [6, 6.07) is 11.9. The summed E-state index contributed by atoms with van der Waals surface area (Å²) in [5.74, 6) is 0.185. The second-order valence-corrected chi connectivity index (χ2v) is 7.46. The number of benzene rings is 1. The second kappa shape index (κ2) is 8.42. The van der Waals surface area contributed by atoms with Crippen LogP contribution in [0.2, 0.25) is 0 Å². The van der Waals surface area contributed by atoms with Crippen LogP contribution in [0.5, 0.6) is 0 Å². The number of amides is 3. The van der Waals surface area contributed by atoms with Crippen LogP contribution < -0.4 is 10.2 Å². The van der Waals surface area contributed by atoms with Gasteiger partial charge in [-0.3, -0.25) is 9.78 Å². The monoisotopic (exact) mass is 378 g/mol. The van der Waals surface area contributed by atoms with E-state index in [4.69, 9.17) is 0 Å². The fourth-order valence-corrected chi connectivity index (χ4v) is 4.13. The highest BCUT2D eigenvalue weighted by Crippen LogP contribution is 2.31. The normalized spacial score (nSPS) is 19.7. The third-order valence-corrected chi connectivity index (χ3v) is 5.59. The maximum atomic E-state index is 12.8. The van der Waals surface area contributed by atoms with Gasteiger partial charge >= 0.3 is 6.03 Å². The van der Waals surface area contributed by atoms with Gasteiger partial charge in [0, 0.05) is 44.1 Å². The van der Waals surface area contributed by atoms with E-state index in [-0.39, 0.29) is 18.0 Å². The van der Waals surface area contributed by atoms with Crippen LogP contribution in [0.1, 0.15) is 49.3 Å². The molecule has 2 aromatic rings. The zero-order valence-corrected chi connectivity index (χ0v) is 16.0. The molecule has 0 bridgehead atoms. The highest BCUT2D eigenvalue weighted by Gasteiger charge is 2.29. The lowest BCUT2D eigenvalue weighted by Gasteiger charge is -2.27. The molecule has 0 aliphatic carbocycles. The van der Waals surface area contributed by atoms with Crippen LogP contribution in [0.4, 0.5) is 10.5 Å². The molecule has 0 radical (unpaired) electrons. The van der Waals surface area contributed by atoms with Crippen molar-refractivity contribution in [1.29, 1.82) is 0 Å². The van der Waals surface area contributed by atoms with Gasteiger partial charge in [0.25, 0.3) is 0 Å². The van der Waals surface area contributed by atoms with Gasteiger partial charge in [0.15, 0.2) is 0 Å². The Morgan fingerprint density at radius 1 is 1.11 bits per heavy atom. The van der Waals surface area contributed by atoms with Gasteiger partial charge in [-0.15, -0.1) is 0 Å². The highest BCUT2D eigenvalue weighted by molar-refractivity contribution is 5.94. The van der Waals surface area contributed by atoms with Crippen molar-refractivity contribution in [2.75, 3.05) is 18.0 Å². The zero-order chi connectivity index (χ0) is 19.3. The zero-order valence-electron chi connectivity index (χ0n) is 16.0. The van der Waals surface area contributed by atoms with Gasteiger partial charge in [-0.25, -0.2) is 4.79 Å². The predicted molar refractivity (Wildman–Crippen MR) is 108 cm³/mol. The first-order valence-electron chi connectivity index (χ1n) is 10.1. The van der Waals surface area contributed by atoms with Crippen molar-refractivity contribution in [1.82, 2.24) is 15.2 Å². The number of nitrogens with one attached hydrogen (secondary N) is 1. The summed E-state index contributed by atoms with van der Waals surface area (Å²) in [6.07, 6.45) is 8.16. The largest absolute Gasteiger partial charge is 0.334 e. The molecule has 3 amide bonds. The molecule has 0 spiro atoms. The summed E-state index contributed by atoms with van der Waals surface area (Å²) in [4.78, 5) is 32.8. The molecule has 0 saturated carbocycles. The fraction of sp³-hybridized carbons (Fsp3) is 0.409. The first kappa shape index (κ1) is 18.5. The molecule has 1 atom stereocenters. The topological polar surface area (TPSA) is 65.5 Å². The van der Waals surface area contributed by atoms with Gasteiger partial charge in [-0.05, 0) is 61.1 Å². The summed E-state index contributed by atoms with van der Waals surface area (Å²) in [5.41, 5.74) is 3.06. The average Bonchev–Trinajstić information content (AvgIpc) is 3.23. The molecular weight excluding hydrogens is 352 g/mol. The molecule has 2 aliphatic heterocycles. The van der Waals surface area contributed by atoms with E-state index in [2.05, 4.69) is 10.3 Å². The standard InChI is InChI=1S/C22H26N4O2/c27-21-8-1-2-13-25(21)19-6-3-5-17(15-19)16-24-22(28)26-14-4-7-20(26)18-9-11-23-12-10-18/h3,5-6,9-12,15,20H,1-2,4,7-8,13-14,16H2,(H,24,28)/t20-/m0/s1. The number of carbonyl (C=O) groups is 2. The third kappa shape index (κ3) is 4.01. The number of nitrogens with zero attached hydrogens (tertiary/aromatic N) is 3. The number of urea groups is 1. The Morgan fingerprint density at radius 2 is 1.96 bits per heavy atom. The molecule has 6 nitrogen and oxygen atoms in total. The van der Waals surface area contributed by atoms with Gasteiger partial charge < -0.3 is 15.1 Å². The van der Waals surface area contributed by atoms with E-state index < -0.39 is 0 Å². The van der Waals surface area contributed by atoms with Crippen LogP contribution >= 0.6 is 0 Å². The van der Waals surface area contributed by atoms with Crippen molar-refractivity contribution >= 4 is 17.6 Å². The number of likely N-dealkylation sites (tertiary alicyclic amines) is 1. The van der Waals surface area contributed by atoms with E-state index in [1.165, 1.54) is 0 Å². The number of hydrogen-bond acceptors (Lipinski definition) is 3. The Hall–Kier alpha value is -2.89. The van der Waals surface area contributed by atoms with E-state index in [0.29, 0.717) is 13.0 Å². The number of anilines is 1. The predicted octanol–water partition coefficient (Wildman–Crippen LogP) is 3.65. The molecule has 1 aromatic heterocycles. The Morgan fingerprint density at radius 3 is 2.79 bits per heavy atom. The van der Waals surface area contributed by atoms with Crippen molar-refractivity contribution in [3.05, 3.63) is 59.9 Å². The molecule has 2 fully saturated rings. The van der Waals surface area contributed by atoms with Crippen LogP contribution in [0.15, 0.2) is 48.8 Å². The first-order valence-corrected chi connectivity index (χ1v) is 10.1. The van der Waals surface area contributed by atoms with Crippen molar-refractivity contribution in [2.24, 2.45) is 0 Å². The number of hydrogen-bond donors (Lipinski definition) is 1. The SMILES string of the molecule is O=C1CCCCN1c1cccc(CNC(=O)N2CCC[C@H]2c2ccncc2)c1. The summed E-state index contributed by atoms with van der Waals surface area (Å²) < 4.78 is 0. The number of carbonyl (C=O) groups excluding carboxylic acids is 2.